The summed E-state index contributed by atoms with van der Waals surface area (Å²) in [6, 6.07) is 17.2. The number of aromatic nitrogens is 2. The minimum absolute atomic E-state index is 0.0289. The van der Waals surface area contributed by atoms with E-state index in [1.165, 1.54) is 0 Å². The maximum absolute atomic E-state index is 12.1. The summed E-state index contributed by atoms with van der Waals surface area (Å²) < 4.78 is 3.08. The number of aliphatic hydroxyl groups is 1. The van der Waals surface area contributed by atoms with Crippen molar-refractivity contribution in [2.45, 2.75) is 18.6 Å². The monoisotopic (exact) mass is 460 g/mol. The van der Waals surface area contributed by atoms with E-state index in [1.807, 2.05) is 30.3 Å². The molecule has 168 valence electrons. The van der Waals surface area contributed by atoms with Gasteiger partial charge in [-0.2, -0.15) is 5.26 Å². The van der Waals surface area contributed by atoms with Gasteiger partial charge < -0.3 is 15.7 Å². The number of nitriles is 1. The van der Waals surface area contributed by atoms with Crippen LogP contribution in [-0.2, 0) is 10.5 Å². The van der Waals surface area contributed by atoms with E-state index >= 15 is 0 Å². The molecule has 1 heterocycles. The van der Waals surface area contributed by atoms with Crippen molar-refractivity contribution < 1.29 is 9.90 Å². The molecular weight excluding hydrogens is 436 g/mol. The molecule has 8 nitrogen and oxygen atoms in total. The lowest BCUT2D eigenvalue weighted by Gasteiger charge is -2.10. The molecule has 0 saturated heterocycles. The summed E-state index contributed by atoms with van der Waals surface area (Å²) in [6.45, 7) is 0.680. The number of hydrogen-bond acceptors (Lipinski definition) is 8. The van der Waals surface area contributed by atoms with Crippen LogP contribution in [0, 0.1) is 17.2 Å². The van der Waals surface area contributed by atoms with Gasteiger partial charge in [0.15, 0.2) is 0 Å². The summed E-state index contributed by atoms with van der Waals surface area (Å²) in [6.07, 6.45) is 3.48. The number of benzene rings is 2. The van der Waals surface area contributed by atoms with Crippen LogP contribution in [0.1, 0.15) is 24.0 Å². The van der Waals surface area contributed by atoms with Crippen LogP contribution in [0.5, 0.6) is 0 Å². The molecule has 2 aromatic carbocycles. The van der Waals surface area contributed by atoms with Gasteiger partial charge in [0.25, 0.3) is 0 Å². The smallest absolute Gasteiger partial charge is 0.227 e. The van der Waals surface area contributed by atoms with Gasteiger partial charge in [-0.3, -0.25) is 9.52 Å². The fourth-order valence-electron chi connectivity index (χ4n) is 3.13. The fraction of sp³-hybridized carbons (Fsp3) is 0.250. The Morgan fingerprint density at radius 3 is 2.73 bits per heavy atom. The van der Waals surface area contributed by atoms with Crippen LogP contribution in [-0.4, -0.2) is 34.1 Å². The Kier molecular flexibility index (Phi) is 7.52. The van der Waals surface area contributed by atoms with Crippen LogP contribution in [0.25, 0.3) is 11.3 Å². The maximum atomic E-state index is 12.1. The number of hydrogen-bond donors (Lipinski definition) is 4. The SMILES string of the molecule is N#Cc1cc(-c2ccnc(Nc3ccc(CSNCCO)cc3)n2)ccc1NC(=O)C1CC1. The van der Waals surface area contributed by atoms with Gasteiger partial charge >= 0.3 is 0 Å². The second-order valence-electron chi connectivity index (χ2n) is 7.63. The lowest BCUT2D eigenvalue weighted by atomic mass is 10.1. The quantitative estimate of drug-likeness (QED) is 0.266. The van der Waals surface area contributed by atoms with Gasteiger partial charge in [-0.1, -0.05) is 30.1 Å². The highest BCUT2D eigenvalue weighted by atomic mass is 32.2. The Labute approximate surface area is 196 Å². The molecular formula is C24H24N6O2S. The largest absolute Gasteiger partial charge is 0.395 e. The zero-order valence-corrected chi connectivity index (χ0v) is 18.7. The number of carbonyl (C=O) groups excluding carboxylic acids is 1. The third-order valence-corrected chi connectivity index (χ3v) is 5.95. The van der Waals surface area contributed by atoms with Crippen molar-refractivity contribution in [3.63, 3.8) is 0 Å². The number of aliphatic hydroxyl groups excluding tert-OH is 1. The molecule has 1 aliphatic carbocycles. The van der Waals surface area contributed by atoms with Crippen LogP contribution in [0.3, 0.4) is 0 Å². The zero-order chi connectivity index (χ0) is 23.0. The zero-order valence-electron chi connectivity index (χ0n) is 17.9. The molecule has 0 atom stereocenters. The number of carbonyl (C=O) groups is 1. The van der Waals surface area contributed by atoms with Crippen molar-refractivity contribution in [2.24, 2.45) is 5.92 Å². The molecule has 1 amide bonds. The number of nitrogens with zero attached hydrogens (tertiary/aromatic N) is 3. The topological polar surface area (TPSA) is 123 Å². The molecule has 1 fully saturated rings. The third-order valence-electron chi connectivity index (χ3n) is 5.06. The highest BCUT2D eigenvalue weighted by Gasteiger charge is 2.30. The average molecular weight is 461 g/mol. The van der Waals surface area contributed by atoms with Gasteiger partial charge in [0.1, 0.15) is 6.07 Å². The minimum atomic E-state index is -0.0289. The number of anilines is 3. The Morgan fingerprint density at radius 2 is 2.00 bits per heavy atom. The van der Waals surface area contributed by atoms with Gasteiger partial charge in [-0.15, -0.1) is 0 Å². The molecule has 0 radical (unpaired) electrons. The van der Waals surface area contributed by atoms with Gasteiger partial charge in [0.2, 0.25) is 11.9 Å². The second kappa shape index (κ2) is 10.9. The summed E-state index contributed by atoms with van der Waals surface area (Å²) in [4.78, 5) is 20.9. The molecule has 1 saturated carbocycles. The van der Waals surface area contributed by atoms with E-state index in [0.717, 1.165) is 35.4 Å². The molecule has 3 aromatic rings. The predicted molar refractivity (Wildman–Crippen MR) is 130 cm³/mol. The molecule has 0 aliphatic heterocycles. The van der Waals surface area contributed by atoms with Crippen molar-refractivity contribution in [3.8, 4) is 17.3 Å². The van der Waals surface area contributed by atoms with Crippen LogP contribution >= 0.6 is 11.9 Å². The molecule has 0 spiro atoms. The summed E-state index contributed by atoms with van der Waals surface area (Å²) in [7, 11) is 0. The van der Waals surface area contributed by atoms with Gasteiger partial charge in [-0.05, 0) is 48.7 Å². The summed E-state index contributed by atoms with van der Waals surface area (Å²) in [5, 5.41) is 24.4. The molecule has 0 unspecified atom stereocenters. The Bertz CT molecular complexity index is 1160. The first-order chi connectivity index (χ1) is 16.2. The Balaban J connectivity index is 1.43. The lowest BCUT2D eigenvalue weighted by Crippen LogP contribution is -2.14. The molecule has 1 aliphatic rings. The first-order valence-corrected chi connectivity index (χ1v) is 11.6. The summed E-state index contributed by atoms with van der Waals surface area (Å²) >= 11 is 1.55. The first kappa shape index (κ1) is 22.7. The number of amides is 1. The Hall–Kier alpha value is -3.45. The van der Waals surface area contributed by atoms with E-state index in [0.29, 0.717) is 29.4 Å². The van der Waals surface area contributed by atoms with E-state index in [2.05, 4.69) is 31.4 Å². The maximum Gasteiger partial charge on any atom is 0.227 e. The molecule has 33 heavy (non-hydrogen) atoms. The van der Waals surface area contributed by atoms with Gasteiger partial charge in [-0.25, -0.2) is 9.97 Å². The van der Waals surface area contributed by atoms with Crippen molar-refractivity contribution in [1.82, 2.24) is 14.7 Å². The van der Waals surface area contributed by atoms with Crippen LogP contribution < -0.4 is 15.4 Å². The average Bonchev–Trinajstić information content (AvgIpc) is 3.69. The normalized spacial score (nSPS) is 12.7. The van der Waals surface area contributed by atoms with Crippen molar-refractivity contribution in [3.05, 3.63) is 65.9 Å². The van der Waals surface area contributed by atoms with E-state index in [4.69, 9.17) is 5.11 Å². The van der Waals surface area contributed by atoms with Crippen LogP contribution in [0.2, 0.25) is 0 Å². The van der Waals surface area contributed by atoms with E-state index in [1.54, 1.807) is 36.3 Å². The van der Waals surface area contributed by atoms with Crippen LogP contribution in [0.4, 0.5) is 17.3 Å². The molecule has 1 aromatic heterocycles. The van der Waals surface area contributed by atoms with Gasteiger partial charge in [0, 0.05) is 35.7 Å². The number of rotatable bonds is 10. The van der Waals surface area contributed by atoms with Gasteiger partial charge in [0.05, 0.1) is 23.6 Å². The standard InChI is InChI=1S/C24H24N6O2S/c25-14-19-13-18(5-8-21(19)29-23(32)17-3-4-17)22-9-10-26-24(30-22)28-20-6-1-16(2-7-20)15-33-27-11-12-31/h1-2,5-10,13,17,27,31H,3-4,11-12,15H2,(H,29,32)(H,26,28,30). The van der Waals surface area contributed by atoms with E-state index < -0.39 is 0 Å². The predicted octanol–water partition coefficient (Wildman–Crippen LogP) is 3.84. The fourth-order valence-corrected chi connectivity index (χ4v) is 3.83. The minimum Gasteiger partial charge on any atom is -0.395 e. The summed E-state index contributed by atoms with van der Waals surface area (Å²) in [5.74, 6) is 1.29. The molecule has 0 bridgehead atoms. The van der Waals surface area contributed by atoms with E-state index in [-0.39, 0.29) is 18.4 Å². The molecule has 4 N–H and O–H groups in total. The number of nitrogens with one attached hydrogen (secondary N) is 3. The van der Waals surface area contributed by atoms with Crippen molar-refractivity contribution >= 4 is 35.2 Å². The highest BCUT2D eigenvalue weighted by molar-refractivity contribution is 7.96. The lowest BCUT2D eigenvalue weighted by molar-refractivity contribution is -0.117. The van der Waals surface area contributed by atoms with Crippen LogP contribution in [0.15, 0.2) is 54.7 Å². The molecule has 9 heteroatoms. The second-order valence-corrected chi connectivity index (χ2v) is 8.50. The third kappa shape index (κ3) is 6.29. The molecule has 4 rings (SSSR count). The van der Waals surface area contributed by atoms with E-state index in [9.17, 15) is 10.1 Å². The first-order valence-electron chi connectivity index (χ1n) is 10.7. The van der Waals surface area contributed by atoms with Crippen molar-refractivity contribution in [1.29, 1.82) is 5.26 Å². The van der Waals surface area contributed by atoms with Crippen molar-refractivity contribution in [2.75, 3.05) is 23.8 Å². The highest BCUT2D eigenvalue weighted by Crippen LogP contribution is 2.31. The summed E-state index contributed by atoms with van der Waals surface area (Å²) in [5.41, 5.74) is 4.38. The Morgan fingerprint density at radius 1 is 1.18 bits per heavy atom.